The smallest absolute Gasteiger partial charge is 0.282 e. The van der Waals surface area contributed by atoms with Gasteiger partial charge in [0.1, 0.15) is 16.9 Å². The number of thioether (sulfide) groups is 1. The monoisotopic (exact) mass is 603 g/mol. The van der Waals surface area contributed by atoms with Gasteiger partial charge in [-0.2, -0.15) is 0 Å². The van der Waals surface area contributed by atoms with Crippen LogP contribution in [-0.4, -0.2) is 23.4 Å². The lowest BCUT2D eigenvalue weighted by Crippen LogP contribution is -2.32. The third kappa shape index (κ3) is 5.41. The number of amidine groups is 1. The number of rotatable bonds is 5. The van der Waals surface area contributed by atoms with Crippen molar-refractivity contribution in [2.45, 2.75) is 37.5 Å². The number of allylic oxidation sites excluding steroid dienone is 1. The van der Waals surface area contributed by atoms with E-state index in [2.05, 4.69) is 0 Å². The molecule has 1 unspecified atom stereocenters. The maximum absolute atomic E-state index is 13.8. The van der Waals surface area contributed by atoms with Crippen molar-refractivity contribution in [2.24, 2.45) is 4.99 Å². The summed E-state index contributed by atoms with van der Waals surface area (Å²) in [4.78, 5) is 35.2. The molecule has 1 saturated heterocycles. The zero-order valence-corrected chi connectivity index (χ0v) is 25.2. The molecule has 2 amide bonds. The lowest BCUT2D eigenvalue weighted by Gasteiger charge is -2.24. The molecule has 0 radical (unpaired) electrons. The van der Waals surface area contributed by atoms with Crippen LogP contribution in [0.1, 0.15) is 48.6 Å². The highest BCUT2D eigenvalue weighted by Crippen LogP contribution is 2.42. The third-order valence-corrected chi connectivity index (χ3v) is 9.75. The normalized spacial score (nSPS) is 18.9. The topological polar surface area (TPSA) is 53.0 Å². The van der Waals surface area contributed by atoms with Crippen molar-refractivity contribution in [1.29, 1.82) is 0 Å². The predicted octanol–water partition coefficient (Wildman–Crippen LogP) is 8.80. The second-order valence-electron chi connectivity index (χ2n) is 11.0. The molecule has 4 aromatic rings. The number of hydrogen-bond donors (Lipinski definition) is 0. The average Bonchev–Trinajstić information content (AvgIpc) is 3.62. The van der Waals surface area contributed by atoms with E-state index in [-0.39, 0.29) is 17.2 Å². The Bertz CT molecular complexity index is 1720. The van der Waals surface area contributed by atoms with E-state index in [4.69, 9.17) is 16.6 Å². The van der Waals surface area contributed by atoms with Crippen LogP contribution in [0.2, 0.25) is 5.02 Å². The van der Waals surface area contributed by atoms with Gasteiger partial charge in [-0.05, 0) is 84.3 Å². The van der Waals surface area contributed by atoms with E-state index >= 15 is 0 Å². The molecular weight excluding hydrogens is 574 g/mol. The van der Waals surface area contributed by atoms with Crippen molar-refractivity contribution >= 4 is 52.4 Å². The van der Waals surface area contributed by atoms with Gasteiger partial charge in [0.05, 0.1) is 11.4 Å². The van der Waals surface area contributed by atoms with Gasteiger partial charge in [0.15, 0.2) is 0 Å². The van der Waals surface area contributed by atoms with Crippen LogP contribution in [0.15, 0.2) is 119 Å². The summed E-state index contributed by atoms with van der Waals surface area (Å²) in [5.74, 6) is 1.17. The van der Waals surface area contributed by atoms with Crippen LogP contribution in [0.4, 0.5) is 11.4 Å². The van der Waals surface area contributed by atoms with Gasteiger partial charge in [-0.25, -0.2) is 4.99 Å². The minimum atomic E-state index is -0.0816. The second-order valence-corrected chi connectivity index (χ2v) is 12.5. The van der Waals surface area contributed by atoms with E-state index in [0.717, 1.165) is 59.3 Å². The molecule has 0 aromatic heterocycles. The average molecular weight is 604 g/mol. The number of aliphatic imine (C=N–C) groups is 1. The molecule has 1 atom stereocenters. The summed E-state index contributed by atoms with van der Waals surface area (Å²) < 4.78 is 0. The summed E-state index contributed by atoms with van der Waals surface area (Å²) in [6.07, 6.45) is 5.32. The van der Waals surface area contributed by atoms with E-state index in [0.29, 0.717) is 22.3 Å². The van der Waals surface area contributed by atoms with Gasteiger partial charge in [0, 0.05) is 16.3 Å². The van der Waals surface area contributed by atoms with Crippen LogP contribution in [0.5, 0.6) is 0 Å². The first-order valence-electron chi connectivity index (χ1n) is 14.7. The number of halogens is 1. The van der Waals surface area contributed by atoms with Crippen molar-refractivity contribution in [3.05, 3.63) is 131 Å². The van der Waals surface area contributed by atoms with Gasteiger partial charge in [0.25, 0.3) is 5.91 Å². The zero-order chi connectivity index (χ0) is 29.3. The minimum absolute atomic E-state index is 0.0451. The Kier molecular flexibility index (Phi) is 7.64. The minimum Gasteiger partial charge on any atom is -0.295 e. The SMILES string of the molecule is O=C1C(=C2CCCCC2)N=C(c2ccccc2)N1c1ccc(-c2ccc(N3C(=O)CSC3c3ccc(Cl)cc3)cc2)cc1. The summed E-state index contributed by atoms with van der Waals surface area (Å²) in [6, 6.07) is 33.8. The van der Waals surface area contributed by atoms with Crippen molar-refractivity contribution in [3.8, 4) is 11.1 Å². The fourth-order valence-corrected chi connectivity index (χ4v) is 7.37. The van der Waals surface area contributed by atoms with Gasteiger partial charge in [0.2, 0.25) is 5.91 Å². The lowest BCUT2D eigenvalue weighted by atomic mass is 9.93. The largest absolute Gasteiger partial charge is 0.295 e. The summed E-state index contributed by atoms with van der Waals surface area (Å²) in [7, 11) is 0. The Labute approximate surface area is 260 Å². The molecule has 2 fully saturated rings. The summed E-state index contributed by atoms with van der Waals surface area (Å²) in [5, 5.41) is 0.598. The summed E-state index contributed by atoms with van der Waals surface area (Å²) in [6.45, 7) is 0. The first-order valence-corrected chi connectivity index (χ1v) is 16.1. The number of amides is 2. The molecule has 0 bridgehead atoms. The van der Waals surface area contributed by atoms with Crippen LogP contribution >= 0.6 is 23.4 Å². The Morgan fingerprint density at radius 3 is 1.98 bits per heavy atom. The van der Waals surface area contributed by atoms with Gasteiger partial charge < -0.3 is 0 Å². The Balaban J connectivity index is 1.15. The van der Waals surface area contributed by atoms with Crippen LogP contribution in [0, 0.1) is 0 Å². The number of hydrogen-bond acceptors (Lipinski definition) is 4. The van der Waals surface area contributed by atoms with Crippen LogP contribution < -0.4 is 9.80 Å². The molecule has 4 aromatic carbocycles. The van der Waals surface area contributed by atoms with Gasteiger partial charge in [-0.15, -0.1) is 11.8 Å². The van der Waals surface area contributed by atoms with Crippen LogP contribution in [0.3, 0.4) is 0 Å². The Morgan fingerprint density at radius 2 is 1.33 bits per heavy atom. The first kappa shape index (κ1) is 27.7. The van der Waals surface area contributed by atoms with E-state index in [1.807, 2.05) is 108 Å². The van der Waals surface area contributed by atoms with Crippen LogP contribution in [0.25, 0.3) is 11.1 Å². The van der Waals surface area contributed by atoms with Crippen LogP contribution in [-0.2, 0) is 9.59 Å². The molecule has 5 nitrogen and oxygen atoms in total. The fraction of sp³-hybridized carbons (Fsp3) is 0.194. The maximum atomic E-state index is 13.8. The molecule has 43 heavy (non-hydrogen) atoms. The third-order valence-electron chi connectivity index (χ3n) is 8.29. The van der Waals surface area contributed by atoms with E-state index in [1.165, 1.54) is 12.0 Å². The van der Waals surface area contributed by atoms with Crippen molar-refractivity contribution in [2.75, 3.05) is 15.6 Å². The Morgan fingerprint density at radius 1 is 0.698 bits per heavy atom. The quantitative estimate of drug-likeness (QED) is 0.214. The highest BCUT2D eigenvalue weighted by atomic mass is 35.5. The lowest BCUT2D eigenvalue weighted by molar-refractivity contribution is -0.116. The van der Waals surface area contributed by atoms with Gasteiger partial charge >= 0.3 is 0 Å². The standard InChI is InChI=1S/C36H30ClN3O2S/c37-29-17-11-28(12-18-29)36-39(32(41)23-43-36)30-19-13-24(14-20-30)25-15-21-31(22-16-25)40-34(27-9-5-2-6-10-27)38-33(35(40)42)26-7-3-1-4-8-26/h2,5-6,9-22,36H,1,3-4,7-8,23H2. The predicted molar refractivity (Wildman–Crippen MR) is 177 cm³/mol. The number of anilines is 2. The van der Waals surface area contributed by atoms with E-state index in [1.54, 1.807) is 16.7 Å². The van der Waals surface area contributed by atoms with Gasteiger partial charge in [-0.1, -0.05) is 84.8 Å². The molecule has 2 aliphatic heterocycles. The first-order chi connectivity index (χ1) is 21.1. The summed E-state index contributed by atoms with van der Waals surface area (Å²) in [5.41, 5.74) is 7.50. The molecule has 214 valence electrons. The molecule has 7 rings (SSSR count). The highest BCUT2D eigenvalue weighted by molar-refractivity contribution is 8.00. The van der Waals surface area contributed by atoms with Crippen molar-refractivity contribution in [1.82, 2.24) is 0 Å². The second kappa shape index (κ2) is 11.9. The van der Waals surface area contributed by atoms with Crippen molar-refractivity contribution in [3.63, 3.8) is 0 Å². The molecular formula is C36H30ClN3O2S. The van der Waals surface area contributed by atoms with Gasteiger partial charge in [-0.3, -0.25) is 19.4 Å². The molecule has 2 heterocycles. The molecule has 1 aliphatic carbocycles. The number of carbonyl (C=O) groups excluding carboxylic acids is 2. The van der Waals surface area contributed by atoms with Crippen molar-refractivity contribution < 1.29 is 9.59 Å². The maximum Gasteiger partial charge on any atom is 0.282 e. The van der Waals surface area contributed by atoms with E-state index < -0.39 is 0 Å². The molecule has 7 heteroatoms. The number of carbonyl (C=O) groups is 2. The molecule has 0 N–H and O–H groups in total. The van der Waals surface area contributed by atoms with E-state index in [9.17, 15) is 9.59 Å². The zero-order valence-electron chi connectivity index (χ0n) is 23.6. The Hall–Kier alpha value is -4.13. The molecule has 3 aliphatic rings. The molecule has 1 saturated carbocycles. The highest BCUT2D eigenvalue weighted by Gasteiger charge is 2.35. The number of benzene rings is 4. The summed E-state index contributed by atoms with van der Waals surface area (Å²) >= 11 is 7.71. The molecule has 0 spiro atoms. The fourth-order valence-electron chi connectivity index (χ4n) is 6.07. The number of nitrogens with zero attached hydrogens (tertiary/aromatic N) is 3.